The molecule has 1 unspecified atom stereocenters. The molecule has 5 nitrogen and oxygen atoms in total. The summed E-state index contributed by atoms with van der Waals surface area (Å²) < 4.78 is 1.79. The van der Waals surface area contributed by atoms with Crippen LogP contribution >= 0.6 is 23.4 Å². The Kier molecular flexibility index (Phi) is 5.24. The maximum Gasteiger partial charge on any atom is 0.279 e. The number of aromatic nitrogens is 2. The van der Waals surface area contributed by atoms with Gasteiger partial charge in [-0.15, -0.1) is 0 Å². The average Bonchev–Trinajstić information content (AvgIpc) is 2.69. The quantitative estimate of drug-likeness (QED) is 0.516. The number of hydrogen-bond acceptors (Lipinski definition) is 4. The van der Waals surface area contributed by atoms with E-state index < -0.39 is 0 Å². The van der Waals surface area contributed by atoms with E-state index in [-0.39, 0.29) is 23.8 Å². The molecule has 0 saturated heterocycles. The van der Waals surface area contributed by atoms with Gasteiger partial charge in [-0.1, -0.05) is 65.8 Å². The van der Waals surface area contributed by atoms with Crippen LogP contribution in [0.15, 0.2) is 64.5 Å². The third-order valence-electron chi connectivity index (χ3n) is 4.76. The van der Waals surface area contributed by atoms with Crippen molar-refractivity contribution in [3.63, 3.8) is 0 Å². The van der Waals surface area contributed by atoms with Gasteiger partial charge in [-0.3, -0.25) is 9.59 Å². The summed E-state index contributed by atoms with van der Waals surface area (Å²) in [4.78, 5) is 29.5. The number of hydrogen-bond donors (Lipinski definition) is 1. The van der Waals surface area contributed by atoms with Gasteiger partial charge < -0.3 is 9.88 Å². The third-order valence-corrected chi connectivity index (χ3v) is 6.10. The molecule has 1 aliphatic heterocycles. The van der Waals surface area contributed by atoms with Crippen LogP contribution in [0, 0.1) is 0 Å². The Hall–Kier alpha value is -2.57. The normalized spacial score (nSPS) is 15.8. The summed E-state index contributed by atoms with van der Waals surface area (Å²) in [6.07, 6.45) is 0.239. The van der Waals surface area contributed by atoms with E-state index in [0.717, 1.165) is 11.1 Å². The smallest absolute Gasteiger partial charge is 0.279 e. The predicted octanol–water partition coefficient (Wildman–Crippen LogP) is 4.20. The van der Waals surface area contributed by atoms with E-state index in [2.05, 4.69) is 10.3 Å². The summed E-state index contributed by atoms with van der Waals surface area (Å²) in [6.45, 7) is 0. The van der Waals surface area contributed by atoms with Crippen LogP contribution in [0.2, 0.25) is 5.02 Å². The van der Waals surface area contributed by atoms with Crippen LogP contribution in [0.5, 0.6) is 0 Å². The van der Waals surface area contributed by atoms with E-state index in [0.29, 0.717) is 27.3 Å². The molecule has 7 heteroatoms. The molecule has 0 spiro atoms. The van der Waals surface area contributed by atoms with Crippen LogP contribution in [0.4, 0.5) is 5.82 Å². The summed E-state index contributed by atoms with van der Waals surface area (Å²) in [7, 11) is 1.82. The Bertz CT molecular complexity index is 1100. The van der Waals surface area contributed by atoms with E-state index in [1.165, 1.54) is 11.8 Å². The molecule has 1 atom stereocenters. The van der Waals surface area contributed by atoms with Crippen molar-refractivity contribution in [3.05, 3.63) is 86.7 Å². The van der Waals surface area contributed by atoms with Crippen molar-refractivity contribution in [2.24, 2.45) is 7.05 Å². The fourth-order valence-electron chi connectivity index (χ4n) is 3.41. The molecule has 0 bridgehead atoms. The number of halogens is 1. The Morgan fingerprint density at radius 2 is 1.96 bits per heavy atom. The molecule has 4 rings (SSSR count). The standard InChI is InChI=1S/C21H18ClN3O2S/c1-25-19-18(16(11-17(26)23-19)14-7-3-2-4-8-14)20(27)24-21(25)28-12-13-6-5-9-15(22)10-13/h2-10,16H,11-12H2,1H3,(H,23,26). The van der Waals surface area contributed by atoms with Crippen LogP contribution in [0.1, 0.15) is 29.0 Å². The van der Waals surface area contributed by atoms with Gasteiger partial charge in [0.25, 0.3) is 5.56 Å². The Morgan fingerprint density at radius 1 is 1.18 bits per heavy atom. The maximum atomic E-state index is 12.9. The van der Waals surface area contributed by atoms with E-state index >= 15 is 0 Å². The van der Waals surface area contributed by atoms with Crippen molar-refractivity contribution in [3.8, 4) is 0 Å². The van der Waals surface area contributed by atoms with E-state index in [1.807, 2.05) is 61.6 Å². The third kappa shape index (κ3) is 3.70. The number of rotatable bonds is 4. The van der Waals surface area contributed by atoms with Crippen LogP contribution in [-0.2, 0) is 17.6 Å². The van der Waals surface area contributed by atoms with Crippen molar-refractivity contribution >= 4 is 35.1 Å². The largest absolute Gasteiger partial charge is 0.312 e. The first-order valence-electron chi connectivity index (χ1n) is 8.86. The molecule has 0 aliphatic carbocycles. The highest BCUT2D eigenvalue weighted by atomic mass is 35.5. The highest BCUT2D eigenvalue weighted by molar-refractivity contribution is 7.98. The monoisotopic (exact) mass is 411 g/mol. The number of benzene rings is 2. The van der Waals surface area contributed by atoms with Gasteiger partial charge in [-0.05, 0) is 23.3 Å². The molecule has 0 fully saturated rings. The van der Waals surface area contributed by atoms with Crippen molar-refractivity contribution in [1.29, 1.82) is 0 Å². The lowest BCUT2D eigenvalue weighted by atomic mass is 9.87. The Balaban J connectivity index is 1.71. The van der Waals surface area contributed by atoms with Gasteiger partial charge in [0.1, 0.15) is 5.82 Å². The zero-order chi connectivity index (χ0) is 19.7. The van der Waals surface area contributed by atoms with Gasteiger partial charge in [0.15, 0.2) is 5.16 Å². The Labute approximate surface area is 171 Å². The summed E-state index contributed by atoms with van der Waals surface area (Å²) in [5.74, 6) is 0.755. The van der Waals surface area contributed by atoms with E-state index in [9.17, 15) is 9.59 Å². The van der Waals surface area contributed by atoms with Gasteiger partial charge in [0, 0.05) is 30.2 Å². The van der Waals surface area contributed by atoms with Gasteiger partial charge in [0.05, 0.1) is 5.56 Å². The van der Waals surface area contributed by atoms with Crippen LogP contribution in [0.25, 0.3) is 0 Å². The molecular weight excluding hydrogens is 394 g/mol. The van der Waals surface area contributed by atoms with Crippen LogP contribution in [0.3, 0.4) is 0 Å². The zero-order valence-electron chi connectivity index (χ0n) is 15.2. The van der Waals surface area contributed by atoms with Crippen molar-refractivity contribution in [1.82, 2.24) is 9.55 Å². The maximum absolute atomic E-state index is 12.9. The number of nitrogens with zero attached hydrogens (tertiary/aromatic N) is 2. The fraction of sp³-hybridized carbons (Fsp3) is 0.190. The molecule has 1 N–H and O–H groups in total. The minimum absolute atomic E-state index is 0.103. The molecule has 1 amide bonds. The fourth-order valence-corrected chi connectivity index (χ4v) is 4.53. The molecular formula is C21H18ClN3O2S. The molecule has 142 valence electrons. The van der Waals surface area contributed by atoms with Gasteiger partial charge >= 0.3 is 0 Å². The number of anilines is 1. The summed E-state index contributed by atoms with van der Waals surface area (Å²) in [5.41, 5.74) is 2.23. The summed E-state index contributed by atoms with van der Waals surface area (Å²) in [6, 6.07) is 17.2. The average molecular weight is 412 g/mol. The summed E-state index contributed by atoms with van der Waals surface area (Å²) >= 11 is 7.48. The molecule has 1 aromatic heterocycles. The molecule has 2 aromatic carbocycles. The van der Waals surface area contributed by atoms with Crippen molar-refractivity contribution in [2.45, 2.75) is 23.2 Å². The molecule has 0 radical (unpaired) electrons. The van der Waals surface area contributed by atoms with E-state index in [1.54, 1.807) is 4.57 Å². The number of fused-ring (bicyclic) bond motifs is 1. The van der Waals surface area contributed by atoms with Gasteiger partial charge in [0.2, 0.25) is 5.91 Å². The lowest BCUT2D eigenvalue weighted by Gasteiger charge is -2.27. The molecule has 0 saturated carbocycles. The van der Waals surface area contributed by atoms with Crippen molar-refractivity contribution < 1.29 is 4.79 Å². The summed E-state index contributed by atoms with van der Waals surface area (Å²) in [5, 5.41) is 4.09. The second-order valence-electron chi connectivity index (χ2n) is 6.65. The van der Waals surface area contributed by atoms with Gasteiger partial charge in [-0.2, -0.15) is 4.98 Å². The SMILES string of the molecule is Cn1c(SCc2cccc(Cl)c2)nc(=O)c2c1NC(=O)CC2c1ccccc1. The highest BCUT2D eigenvalue weighted by Gasteiger charge is 2.31. The topological polar surface area (TPSA) is 64.0 Å². The number of amides is 1. The minimum Gasteiger partial charge on any atom is -0.312 e. The highest BCUT2D eigenvalue weighted by Crippen LogP contribution is 2.36. The van der Waals surface area contributed by atoms with E-state index in [4.69, 9.17) is 11.6 Å². The van der Waals surface area contributed by atoms with Crippen molar-refractivity contribution in [2.75, 3.05) is 5.32 Å². The van der Waals surface area contributed by atoms with Crippen LogP contribution < -0.4 is 10.9 Å². The molecule has 28 heavy (non-hydrogen) atoms. The molecule has 2 heterocycles. The number of thioether (sulfide) groups is 1. The lowest BCUT2D eigenvalue weighted by molar-refractivity contribution is -0.116. The number of carbonyl (C=O) groups is 1. The zero-order valence-corrected chi connectivity index (χ0v) is 16.8. The number of nitrogens with one attached hydrogen (secondary N) is 1. The second kappa shape index (κ2) is 7.81. The minimum atomic E-state index is -0.296. The molecule has 3 aromatic rings. The number of carbonyl (C=O) groups excluding carboxylic acids is 1. The lowest BCUT2D eigenvalue weighted by Crippen LogP contribution is -2.33. The van der Waals surface area contributed by atoms with Gasteiger partial charge in [-0.25, -0.2) is 0 Å². The first-order valence-corrected chi connectivity index (χ1v) is 10.2. The second-order valence-corrected chi connectivity index (χ2v) is 8.03. The first-order chi connectivity index (χ1) is 13.5. The predicted molar refractivity (Wildman–Crippen MR) is 112 cm³/mol. The molecule has 1 aliphatic rings. The van der Waals surface area contributed by atoms with Crippen LogP contribution in [-0.4, -0.2) is 15.5 Å². The first kappa shape index (κ1) is 18.8. The Morgan fingerprint density at radius 3 is 2.71 bits per heavy atom.